The molecule has 0 spiro atoms. The first-order valence-electron chi connectivity index (χ1n) is 5.70. The van der Waals surface area contributed by atoms with E-state index >= 15 is 0 Å². The van der Waals surface area contributed by atoms with Gasteiger partial charge in [-0.15, -0.1) is 0 Å². The van der Waals surface area contributed by atoms with E-state index in [-0.39, 0.29) is 0 Å². The third-order valence-electron chi connectivity index (χ3n) is 0.684. The quantitative estimate of drug-likeness (QED) is 0.496. The van der Waals surface area contributed by atoms with Gasteiger partial charge in [0.1, 0.15) is 6.04 Å². The third kappa shape index (κ3) is 4.29. The number of carboxylic acids is 1. The molecule has 0 bridgehead atoms. The standard InChI is InChI=1S/C6H14N2O2/c7-4-2-1-3-5(8)6(9)10/h5H,1-4,7-8H2,(H,9,10)/t5-/m0/s1/i1D2,2D,3D2,4D/t2?,4?,5-. The van der Waals surface area contributed by atoms with Crippen LogP contribution in [-0.2, 0) is 4.79 Å². The van der Waals surface area contributed by atoms with Crippen LogP contribution in [0.2, 0.25) is 0 Å². The number of aliphatic carboxylic acids is 1. The summed E-state index contributed by atoms with van der Waals surface area (Å²) in [4.78, 5) is 10.5. The second-order valence-corrected chi connectivity index (χ2v) is 1.46. The Hall–Kier alpha value is -0.610. The van der Waals surface area contributed by atoms with E-state index in [0.717, 1.165) is 0 Å². The highest BCUT2D eigenvalue weighted by molar-refractivity contribution is 5.72. The zero-order valence-electron chi connectivity index (χ0n) is 11.2. The second kappa shape index (κ2) is 5.20. The maximum Gasteiger partial charge on any atom is 0.320 e. The van der Waals surface area contributed by atoms with Gasteiger partial charge in [0.05, 0.1) is 0 Å². The van der Waals surface area contributed by atoms with Crippen molar-refractivity contribution in [1.29, 1.82) is 0 Å². The van der Waals surface area contributed by atoms with Crippen LogP contribution in [0.5, 0.6) is 0 Å². The van der Waals surface area contributed by atoms with Crippen LogP contribution >= 0.6 is 0 Å². The molecule has 0 rings (SSSR count). The van der Waals surface area contributed by atoms with Gasteiger partial charge in [-0.1, -0.05) is 6.37 Å². The summed E-state index contributed by atoms with van der Waals surface area (Å²) in [6.45, 7) is -1.69. The van der Waals surface area contributed by atoms with Crippen molar-refractivity contribution < 1.29 is 18.1 Å². The van der Waals surface area contributed by atoms with Gasteiger partial charge >= 0.3 is 5.97 Å². The molecule has 0 aromatic rings. The van der Waals surface area contributed by atoms with E-state index < -0.39 is 37.7 Å². The van der Waals surface area contributed by atoms with E-state index in [0.29, 0.717) is 0 Å². The van der Waals surface area contributed by atoms with Crippen molar-refractivity contribution in [3.05, 3.63) is 0 Å². The molecule has 0 heterocycles. The van der Waals surface area contributed by atoms with Crippen LogP contribution in [0.25, 0.3) is 0 Å². The molecule has 0 aliphatic carbocycles. The molecule has 0 aliphatic heterocycles. The normalized spacial score (nSPS) is 31.0. The molecule has 10 heavy (non-hydrogen) atoms. The molecule has 60 valence electrons. The van der Waals surface area contributed by atoms with Crippen LogP contribution in [0.3, 0.4) is 0 Å². The van der Waals surface area contributed by atoms with Crippen molar-refractivity contribution >= 4 is 5.97 Å². The molecule has 0 aliphatic rings. The Labute approximate surface area is 68.6 Å². The number of hydrogen-bond acceptors (Lipinski definition) is 3. The molecule has 4 nitrogen and oxygen atoms in total. The highest BCUT2D eigenvalue weighted by Crippen LogP contribution is 1.96. The molecular formula is C6H14N2O2. The summed E-state index contributed by atoms with van der Waals surface area (Å²) in [6.07, 6.45) is -7.87. The average molecular weight is 152 g/mol. The molecule has 4 heteroatoms. The van der Waals surface area contributed by atoms with Crippen molar-refractivity contribution in [2.45, 2.75) is 25.2 Å². The lowest BCUT2D eigenvalue weighted by Gasteiger charge is -2.03. The van der Waals surface area contributed by atoms with E-state index in [9.17, 15) is 4.79 Å². The summed E-state index contributed by atoms with van der Waals surface area (Å²) in [5.41, 5.74) is 10.00. The fraction of sp³-hybridized carbons (Fsp3) is 0.833. The maximum absolute atomic E-state index is 10.5. The van der Waals surface area contributed by atoms with Gasteiger partial charge in [-0.3, -0.25) is 4.79 Å². The summed E-state index contributed by atoms with van der Waals surface area (Å²) in [7, 11) is 0. The van der Waals surface area contributed by atoms with Crippen molar-refractivity contribution in [2.24, 2.45) is 11.5 Å². The molecule has 0 fully saturated rings. The van der Waals surface area contributed by atoms with Gasteiger partial charge in [0.25, 0.3) is 0 Å². The minimum atomic E-state index is -3.00. The second-order valence-electron chi connectivity index (χ2n) is 1.46. The van der Waals surface area contributed by atoms with E-state index in [4.69, 9.17) is 24.8 Å². The van der Waals surface area contributed by atoms with Gasteiger partial charge in [0.2, 0.25) is 0 Å². The first kappa shape index (κ1) is 3.19. The lowest BCUT2D eigenvalue weighted by Crippen LogP contribution is -2.29. The highest BCUT2D eigenvalue weighted by atomic mass is 16.4. The van der Waals surface area contributed by atoms with E-state index in [1.165, 1.54) is 0 Å². The van der Waals surface area contributed by atoms with Crippen molar-refractivity contribution in [3.63, 3.8) is 0 Å². The third-order valence-corrected chi connectivity index (χ3v) is 0.684. The van der Waals surface area contributed by atoms with Crippen LogP contribution < -0.4 is 11.5 Å². The Kier molecular flexibility index (Phi) is 1.66. The van der Waals surface area contributed by atoms with Gasteiger partial charge in [-0.05, 0) is 19.3 Å². The van der Waals surface area contributed by atoms with Gasteiger partial charge in [0, 0.05) is 8.22 Å². The van der Waals surface area contributed by atoms with Crippen molar-refractivity contribution in [2.75, 3.05) is 6.52 Å². The van der Waals surface area contributed by atoms with Gasteiger partial charge in [0.15, 0.2) is 0 Å². The molecule has 3 atom stereocenters. The Morgan fingerprint density at radius 1 is 1.80 bits per heavy atom. The predicted molar refractivity (Wildman–Crippen MR) is 38.5 cm³/mol. The summed E-state index contributed by atoms with van der Waals surface area (Å²) < 4.78 is 43.5. The molecule has 0 aromatic carbocycles. The van der Waals surface area contributed by atoms with Crippen LogP contribution in [0, 0.1) is 0 Å². The first-order valence-corrected chi connectivity index (χ1v) is 2.54. The monoisotopic (exact) mass is 152 g/mol. The summed E-state index contributed by atoms with van der Waals surface area (Å²) in [5.74, 6) is -1.72. The summed E-state index contributed by atoms with van der Waals surface area (Å²) >= 11 is 0. The number of hydrogen-bond donors (Lipinski definition) is 3. The lowest BCUT2D eigenvalue weighted by atomic mass is 10.1. The molecule has 5 N–H and O–H groups in total. The van der Waals surface area contributed by atoms with Crippen LogP contribution in [0.4, 0.5) is 0 Å². The minimum Gasteiger partial charge on any atom is -0.480 e. The number of carboxylic acid groups (broad SMARTS) is 1. The van der Waals surface area contributed by atoms with E-state index in [2.05, 4.69) is 0 Å². The predicted octanol–water partition coefficient (Wildman–Crippen LogP) is -0.473. The summed E-state index contributed by atoms with van der Waals surface area (Å²) in [6, 6.07) is -2.13. The van der Waals surface area contributed by atoms with Gasteiger partial charge < -0.3 is 16.6 Å². The van der Waals surface area contributed by atoms with Crippen molar-refractivity contribution in [1.82, 2.24) is 0 Å². The Balaban J connectivity index is 5.19. The van der Waals surface area contributed by atoms with Gasteiger partial charge in [-0.2, -0.15) is 0 Å². The fourth-order valence-electron chi connectivity index (χ4n) is 0.248. The SMILES string of the molecule is [2H]C(N)C([2H])C([2H])([2H])C([2H])([2H])[C@H](N)C(=O)O. The average Bonchev–Trinajstić information content (AvgIpc) is 2.14. The zero-order chi connectivity index (χ0) is 13.3. The van der Waals surface area contributed by atoms with E-state index in [1.807, 2.05) is 0 Å². The Morgan fingerprint density at radius 2 is 2.40 bits per heavy atom. The Morgan fingerprint density at radius 3 is 2.80 bits per heavy atom. The van der Waals surface area contributed by atoms with Crippen molar-refractivity contribution in [3.8, 4) is 0 Å². The molecule has 0 saturated heterocycles. The van der Waals surface area contributed by atoms with Crippen LogP contribution in [-0.4, -0.2) is 23.6 Å². The zero-order valence-corrected chi connectivity index (χ0v) is 5.24. The van der Waals surface area contributed by atoms with Crippen LogP contribution in [0.1, 0.15) is 27.4 Å². The van der Waals surface area contributed by atoms with Crippen LogP contribution in [0.15, 0.2) is 0 Å². The largest absolute Gasteiger partial charge is 0.480 e. The smallest absolute Gasteiger partial charge is 0.320 e. The topological polar surface area (TPSA) is 89.3 Å². The number of nitrogens with two attached hydrogens (primary N) is 2. The Bertz CT molecular complexity index is 272. The minimum absolute atomic E-state index is 1.69. The molecular weight excluding hydrogens is 132 g/mol. The molecule has 0 aromatic heterocycles. The summed E-state index contributed by atoms with van der Waals surface area (Å²) in [5, 5.41) is 8.53. The lowest BCUT2D eigenvalue weighted by molar-refractivity contribution is -0.138. The highest BCUT2D eigenvalue weighted by Gasteiger charge is 2.09. The molecule has 0 saturated carbocycles. The fourth-order valence-corrected chi connectivity index (χ4v) is 0.248. The molecule has 2 unspecified atom stereocenters. The maximum atomic E-state index is 10.5. The number of rotatable bonds is 5. The molecule has 0 amide bonds. The van der Waals surface area contributed by atoms with E-state index in [1.54, 1.807) is 0 Å². The first-order chi connectivity index (χ1) is 6.96. The van der Waals surface area contributed by atoms with Gasteiger partial charge in [-0.25, -0.2) is 0 Å². The number of carbonyl (C=O) groups is 1. The molecule has 0 radical (unpaired) electrons.